The van der Waals surface area contributed by atoms with Crippen LogP contribution in [0.3, 0.4) is 0 Å². The minimum atomic E-state index is -8.53. The molecule has 20 heteroatoms. The molecule has 0 amide bonds. The van der Waals surface area contributed by atoms with Gasteiger partial charge in [0, 0.05) is 0 Å². The van der Waals surface area contributed by atoms with Crippen LogP contribution in [-0.4, -0.2) is 50.7 Å². The van der Waals surface area contributed by atoms with E-state index in [0.717, 1.165) is 0 Å². The maximum atomic E-state index is 13.5. The quantitative estimate of drug-likeness (QED) is 0.534. The number of aromatic nitrogens is 3. The highest BCUT2D eigenvalue weighted by atomic mass is 19.4. The molecule has 0 bridgehead atoms. The maximum Gasteiger partial charge on any atom is 0.460 e. The molecule has 0 radical (unpaired) electrons. The van der Waals surface area contributed by atoms with E-state index in [1.54, 1.807) is 9.97 Å². The highest BCUT2D eigenvalue weighted by Gasteiger charge is 2.93. The lowest BCUT2D eigenvalue weighted by atomic mass is 9.91. The van der Waals surface area contributed by atoms with Crippen molar-refractivity contribution >= 4 is 0 Å². The summed E-state index contributed by atoms with van der Waals surface area (Å²) in [5.41, 5.74) is 0. The monoisotopic (exact) mass is 485 g/mol. The molecule has 1 aromatic heterocycles. The van der Waals surface area contributed by atoms with Crippen LogP contribution in [0, 0.1) is 12.2 Å². The largest absolute Gasteiger partial charge is 0.460 e. The molecular weight excluding hydrogens is 485 g/mol. The number of rotatable bonds is 6. The highest BCUT2D eigenvalue weighted by molar-refractivity contribution is 5.16. The zero-order valence-electron chi connectivity index (χ0n) is 12.8. The van der Waals surface area contributed by atoms with Gasteiger partial charge in [0.25, 0.3) is 0 Å². The van der Waals surface area contributed by atoms with Gasteiger partial charge in [-0.1, -0.05) is 0 Å². The van der Waals surface area contributed by atoms with Gasteiger partial charge >= 0.3 is 53.9 Å². The fourth-order valence-electron chi connectivity index (χ4n) is 1.57. The third kappa shape index (κ3) is 3.26. The average molecular weight is 485 g/mol. The van der Waals surface area contributed by atoms with Gasteiger partial charge in [-0.15, -0.1) is 0 Å². The van der Waals surface area contributed by atoms with E-state index in [2.05, 4.69) is 0 Å². The van der Waals surface area contributed by atoms with Crippen molar-refractivity contribution in [3.05, 3.63) is 18.0 Å². The van der Waals surface area contributed by atoms with Crippen LogP contribution in [-0.2, 0) is 5.92 Å². The standard InChI is InChI=1S/C10F17N3/c11-2-28-1(29-3(12)30-2)4(13,14)5(15,16)6(17,18)7(19,20)8(21,22)9(23,24)10(25,26)27. The number of hydrogen-bond acceptors (Lipinski definition) is 3. The van der Waals surface area contributed by atoms with Gasteiger partial charge in [0.1, 0.15) is 0 Å². The second-order valence-electron chi connectivity index (χ2n) is 5.14. The molecule has 0 fully saturated rings. The summed E-state index contributed by atoms with van der Waals surface area (Å²) < 4.78 is 219. The summed E-state index contributed by atoms with van der Waals surface area (Å²) in [4.78, 5) is 4.96. The summed E-state index contributed by atoms with van der Waals surface area (Å²) in [5, 5.41) is 0. The van der Waals surface area contributed by atoms with E-state index in [4.69, 9.17) is 0 Å². The Morgan fingerprint density at radius 2 is 0.700 bits per heavy atom. The predicted molar refractivity (Wildman–Crippen MR) is 54.4 cm³/mol. The van der Waals surface area contributed by atoms with Gasteiger partial charge in [-0.25, -0.2) is 0 Å². The first-order chi connectivity index (χ1) is 12.9. The molecule has 0 unspecified atom stereocenters. The Hall–Kier alpha value is -2.18. The first-order valence-electron chi connectivity index (χ1n) is 6.30. The van der Waals surface area contributed by atoms with Crippen molar-refractivity contribution in [2.75, 3.05) is 0 Å². The first kappa shape index (κ1) is 25.9. The molecule has 1 aromatic rings. The van der Waals surface area contributed by atoms with E-state index in [-0.39, 0.29) is 0 Å². The Morgan fingerprint density at radius 3 is 1.03 bits per heavy atom. The Morgan fingerprint density at radius 1 is 0.400 bits per heavy atom. The van der Waals surface area contributed by atoms with Gasteiger partial charge in [-0.2, -0.15) is 89.6 Å². The van der Waals surface area contributed by atoms with Crippen LogP contribution < -0.4 is 0 Å². The molecule has 1 rings (SSSR count). The molecule has 3 nitrogen and oxygen atoms in total. The Bertz CT molecular complexity index is 777. The third-order valence-corrected chi connectivity index (χ3v) is 3.19. The molecule has 0 N–H and O–H groups in total. The minimum absolute atomic E-state index is 1.56. The number of hydrogen-bond donors (Lipinski definition) is 0. The molecular formula is C10F17N3. The number of nitrogens with zero attached hydrogens (tertiary/aromatic N) is 3. The van der Waals surface area contributed by atoms with Crippen LogP contribution in [0.2, 0.25) is 0 Å². The van der Waals surface area contributed by atoms with Crippen LogP contribution in [0.15, 0.2) is 0 Å². The fourth-order valence-corrected chi connectivity index (χ4v) is 1.57. The van der Waals surface area contributed by atoms with Crippen molar-refractivity contribution in [2.24, 2.45) is 0 Å². The molecule has 0 atom stereocenters. The lowest BCUT2D eigenvalue weighted by Gasteiger charge is -2.41. The Labute approximate surface area is 150 Å². The molecule has 0 aromatic carbocycles. The predicted octanol–water partition coefficient (Wildman–Crippen LogP) is 4.98. The summed E-state index contributed by atoms with van der Waals surface area (Å²) in [5.74, 6) is -52.1. The van der Waals surface area contributed by atoms with Crippen molar-refractivity contribution in [3.8, 4) is 0 Å². The third-order valence-electron chi connectivity index (χ3n) is 3.19. The Balaban J connectivity index is 3.70. The first-order valence-corrected chi connectivity index (χ1v) is 6.30. The summed E-state index contributed by atoms with van der Waals surface area (Å²) in [7, 11) is 0. The van der Waals surface area contributed by atoms with Crippen LogP contribution in [0.1, 0.15) is 5.82 Å². The molecule has 0 saturated carbocycles. The van der Waals surface area contributed by atoms with E-state index < -0.39 is 59.7 Å². The van der Waals surface area contributed by atoms with Crippen molar-refractivity contribution in [1.29, 1.82) is 0 Å². The van der Waals surface area contributed by atoms with Gasteiger partial charge in [0.05, 0.1) is 0 Å². The van der Waals surface area contributed by atoms with Crippen LogP contribution in [0.25, 0.3) is 0 Å². The number of halogens is 17. The topological polar surface area (TPSA) is 38.7 Å². The SMILES string of the molecule is Fc1nc(F)nc(C(F)(F)C(F)(F)C(F)(F)C(F)(F)C(F)(F)C(F)(F)C(F)(F)F)n1. The van der Waals surface area contributed by atoms with Crippen LogP contribution >= 0.6 is 0 Å². The lowest BCUT2D eigenvalue weighted by molar-refractivity contribution is -0.454. The molecule has 174 valence electrons. The fraction of sp³-hybridized carbons (Fsp3) is 0.700. The second-order valence-corrected chi connectivity index (χ2v) is 5.14. The lowest BCUT2D eigenvalue weighted by Crippen LogP contribution is -2.72. The average Bonchev–Trinajstić information content (AvgIpc) is 2.51. The van der Waals surface area contributed by atoms with Crippen molar-refractivity contribution in [2.45, 2.75) is 41.7 Å². The van der Waals surface area contributed by atoms with Gasteiger partial charge in [-0.3, -0.25) is 0 Å². The van der Waals surface area contributed by atoms with Gasteiger partial charge in [0.15, 0.2) is 0 Å². The Kier molecular flexibility index (Phi) is 5.74. The molecule has 0 aliphatic rings. The number of alkyl halides is 15. The van der Waals surface area contributed by atoms with Crippen molar-refractivity contribution in [1.82, 2.24) is 15.0 Å². The molecule has 0 spiro atoms. The van der Waals surface area contributed by atoms with Crippen molar-refractivity contribution < 1.29 is 74.6 Å². The summed E-state index contributed by atoms with van der Waals surface area (Å²) >= 11 is 0. The van der Waals surface area contributed by atoms with Crippen molar-refractivity contribution in [3.63, 3.8) is 0 Å². The smallest absolute Gasteiger partial charge is 0.192 e. The van der Waals surface area contributed by atoms with E-state index in [0.29, 0.717) is 0 Å². The van der Waals surface area contributed by atoms with Crippen LogP contribution in [0.4, 0.5) is 74.6 Å². The van der Waals surface area contributed by atoms with E-state index >= 15 is 0 Å². The highest BCUT2D eigenvalue weighted by Crippen LogP contribution is 2.63. The zero-order chi connectivity index (χ0) is 24.4. The molecule has 0 aliphatic heterocycles. The van der Waals surface area contributed by atoms with Gasteiger partial charge < -0.3 is 0 Å². The normalized spacial score (nSPS) is 15.5. The molecule has 0 aliphatic carbocycles. The van der Waals surface area contributed by atoms with Gasteiger partial charge in [-0.05, 0) is 0 Å². The van der Waals surface area contributed by atoms with E-state index in [9.17, 15) is 74.6 Å². The van der Waals surface area contributed by atoms with E-state index in [1.165, 1.54) is 0 Å². The maximum absolute atomic E-state index is 13.5. The molecule has 0 saturated heterocycles. The second kappa shape index (κ2) is 6.66. The summed E-state index contributed by atoms with van der Waals surface area (Å²) in [6.45, 7) is 0. The van der Waals surface area contributed by atoms with Gasteiger partial charge in [0.2, 0.25) is 5.82 Å². The minimum Gasteiger partial charge on any atom is -0.192 e. The summed E-state index contributed by atoms with van der Waals surface area (Å²) in [6.07, 6.45) is -13.2. The zero-order valence-corrected chi connectivity index (χ0v) is 12.8. The van der Waals surface area contributed by atoms with E-state index in [1.807, 2.05) is 4.98 Å². The molecule has 1 heterocycles. The molecule has 30 heavy (non-hydrogen) atoms. The van der Waals surface area contributed by atoms with Crippen LogP contribution in [0.5, 0.6) is 0 Å². The summed E-state index contributed by atoms with van der Waals surface area (Å²) in [6, 6.07) is 0.